The summed E-state index contributed by atoms with van der Waals surface area (Å²) in [5, 5.41) is 18.7. The highest BCUT2D eigenvalue weighted by Gasteiger charge is 2.13. The standard InChI is InChI=1S/C19H23N3O2/c1-3-21-17-9-4-5-10-18(17)22(19(21)20)12-15(23)13-24-16-8-6-7-14(2)11-16/h4-11,15,20,23H,3,12-13H2,1-2H3/t15-/m1/s1. The Morgan fingerprint density at radius 3 is 2.46 bits per heavy atom. The quantitative estimate of drug-likeness (QED) is 0.732. The van der Waals surface area contributed by atoms with Crippen LogP contribution in [0.3, 0.4) is 0 Å². The number of nitrogens with zero attached hydrogens (tertiary/aromatic N) is 2. The number of aliphatic hydroxyl groups excluding tert-OH is 1. The van der Waals surface area contributed by atoms with Gasteiger partial charge in [0, 0.05) is 6.54 Å². The zero-order valence-corrected chi connectivity index (χ0v) is 14.1. The highest BCUT2D eigenvalue weighted by molar-refractivity contribution is 5.75. The Balaban J connectivity index is 1.77. The summed E-state index contributed by atoms with van der Waals surface area (Å²) < 4.78 is 9.44. The van der Waals surface area contributed by atoms with E-state index in [2.05, 4.69) is 0 Å². The number of ether oxygens (including phenoxy) is 1. The average molecular weight is 325 g/mol. The van der Waals surface area contributed by atoms with Crippen LogP contribution < -0.4 is 10.4 Å². The van der Waals surface area contributed by atoms with E-state index in [0.29, 0.717) is 12.2 Å². The van der Waals surface area contributed by atoms with E-state index in [1.807, 2.05) is 71.5 Å². The molecule has 0 bridgehead atoms. The Labute approximate surface area is 141 Å². The van der Waals surface area contributed by atoms with E-state index < -0.39 is 6.10 Å². The van der Waals surface area contributed by atoms with Crippen molar-refractivity contribution in [3.63, 3.8) is 0 Å². The molecule has 1 aromatic heterocycles. The van der Waals surface area contributed by atoms with Gasteiger partial charge in [-0.25, -0.2) is 0 Å². The lowest BCUT2D eigenvalue weighted by molar-refractivity contribution is 0.0920. The number of imidazole rings is 1. The Kier molecular flexibility index (Phi) is 4.71. The van der Waals surface area contributed by atoms with E-state index >= 15 is 0 Å². The van der Waals surface area contributed by atoms with Gasteiger partial charge in [-0.3, -0.25) is 5.41 Å². The number of benzene rings is 2. The first-order chi connectivity index (χ1) is 11.6. The molecule has 5 heteroatoms. The van der Waals surface area contributed by atoms with Gasteiger partial charge in [0.15, 0.2) is 0 Å². The molecule has 0 unspecified atom stereocenters. The Hall–Kier alpha value is -2.53. The molecular formula is C19H23N3O2. The molecular weight excluding hydrogens is 302 g/mol. The second-order valence-corrected chi connectivity index (χ2v) is 5.95. The van der Waals surface area contributed by atoms with Crippen LogP contribution in [-0.4, -0.2) is 27.0 Å². The minimum absolute atomic E-state index is 0.196. The summed E-state index contributed by atoms with van der Waals surface area (Å²) in [7, 11) is 0. The lowest BCUT2D eigenvalue weighted by Gasteiger charge is -2.14. The number of rotatable bonds is 6. The third-order valence-corrected chi connectivity index (χ3v) is 4.12. The highest BCUT2D eigenvalue weighted by atomic mass is 16.5. The second kappa shape index (κ2) is 6.93. The van der Waals surface area contributed by atoms with Gasteiger partial charge >= 0.3 is 0 Å². The summed E-state index contributed by atoms with van der Waals surface area (Å²) in [6.07, 6.45) is -0.685. The third kappa shape index (κ3) is 3.21. The summed E-state index contributed by atoms with van der Waals surface area (Å²) in [5.41, 5.74) is 3.49. The molecule has 5 nitrogen and oxygen atoms in total. The smallest absolute Gasteiger partial charge is 0.203 e. The Bertz CT molecular complexity index is 895. The second-order valence-electron chi connectivity index (χ2n) is 5.95. The van der Waals surface area contributed by atoms with E-state index in [0.717, 1.165) is 28.9 Å². The van der Waals surface area contributed by atoms with Crippen molar-refractivity contribution in [3.05, 3.63) is 59.7 Å². The molecule has 0 saturated carbocycles. The van der Waals surface area contributed by atoms with Crippen LogP contribution in [0.5, 0.6) is 5.75 Å². The fourth-order valence-corrected chi connectivity index (χ4v) is 2.96. The lowest BCUT2D eigenvalue weighted by Crippen LogP contribution is -2.31. The number of aromatic nitrogens is 2. The summed E-state index contributed by atoms with van der Waals surface area (Å²) in [6, 6.07) is 15.7. The van der Waals surface area contributed by atoms with Crippen LogP contribution in [0.25, 0.3) is 11.0 Å². The number of aryl methyl sites for hydroxylation is 2. The average Bonchev–Trinajstić information content (AvgIpc) is 2.85. The predicted molar refractivity (Wildman–Crippen MR) is 94.1 cm³/mol. The van der Waals surface area contributed by atoms with Crippen LogP contribution in [0.2, 0.25) is 0 Å². The van der Waals surface area contributed by atoms with Crippen molar-refractivity contribution in [2.24, 2.45) is 0 Å². The van der Waals surface area contributed by atoms with E-state index in [4.69, 9.17) is 10.1 Å². The van der Waals surface area contributed by atoms with Crippen LogP contribution in [0.4, 0.5) is 0 Å². The molecule has 1 atom stereocenters. The Morgan fingerprint density at radius 1 is 1.08 bits per heavy atom. The minimum Gasteiger partial charge on any atom is -0.491 e. The number of fused-ring (bicyclic) bond motifs is 1. The van der Waals surface area contributed by atoms with E-state index in [9.17, 15) is 5.11 Å². The molecule has 126 valence electrons. The van der Waals surface area contributed by atoms with Gasteiger partial charge in [0.25, 0.3) is 0 Å². The fourth-order valence-electron chi connectivity index (χ4n) is 2.96. The van der Waals surface area contributed by atoms with Crippen LogP contribution in [-0.2, 0) is 13.1 Å². The van der Waals surface area contributed by atoms with Gasteiger partial charge in [-0.15, -0.1) is 0 Å². The van der Waals surface area contributed by atoms with Crippen molar-refractivity contribution in [2.45, 2.75) is 33.0 Å². The van der Waals surface area contributed by atoms with E-state index in [-0.39, 0.29) is 6.61 Å². The maximum atomic E-state index is 10.4. The number of aliphatic hydroxyl groups is 1. The molecule has 24 heavy (non-hydrogen) atoms. The van der Waals surface area contributed by atoms with E-state index in [1.165, 1.54) is 0 Å². The van der Waals surface area contributed by atoms with Crippen LogP contribution in [0.1, 0.15) is 12.5 Å². The zero-order valence-electron chi connectivity index (χ0n) is 14.1. The first-order valence-corrected chi connectivity index (χ1v) is 8.20. The topological polar surface area (TPSA) is 63.2 Å². The number of para-hydroxylation sites is 2. The van der Waals surface area contributed by atoms with Crippen molar-refractivity contribution in [1.29, 1.82) is 5.41 Å². The van der Waals surface area contributed by atoms with Gasteiger partial charge in [-0.05, 0) is 43.7 Å². The van der Waals surface area contributed by atoms with Crippen molar-refractivity contribution < 1.29 is 9.84 Å². The first kappa shape index (κ1) is 16.3. The highest BCUT2D eigenvalue weighted by Crippen LogP contribution is 2.15. The van der Waals surface area contributed by atoms with Crippen LogP contribution in [0, 0.1) is 12.3 Å². The van der Waals surface area contributed by atoms with E-state index in [1.54, 1.807) is 0 Å². The molecule has 0 aliphatic rings. The number of hydrogen-bond donors (Lipinski definition) is 2. The molecule has 3 rings (SSSR count). The third-order valence-electron chi connectivity index (χ3n) is 4.12. The molecule has 0 aliphatic carbocycles. The van der Waals surface area contributed by atoms with Crippen molar-refractivity contribution in [3.8, 4) is 5.75 Å². The summed E-state index contributed by atoms with van der Waals surface area (Å²) in [4.78, 5) is 0. The molecule has 3 aromatic rings. The molecule has 0 spiro atoms. The van der Waals surface area contributed by atoms with Gasteiger partial charge in [0.05, 0.1) is 17.6 Å². The molecule has 0 saturated heterocycles. The molecule has 2 aromatic carbocycles. The summed E-state index contributed by atoms with van der Waals surface area (Å²) >= 11 is 0. The SMILES string of the molecule is CCn1c(=N)n(C[C@@H](O)COc2cccc(C)c2)c2ccccc21. The molecule has 2 N–H and O–H groups in total. The first-order valence-electron chi connectivity index (χ1n) is 8.20. The van der Waals surface area contributed by atoms with Crippen LogP contribution in [0.15, 0.2) is 48.5 Å². The zero-order chi connectivity index (χ0) is 17.1. The molecule has 0 amide bonds. The van der Waals surface area contributed by atoms with Gasteiger partial charge in [-0.1, -0.05) is 24.3 Å². The van der Waals surface area contributed by atoms with Crippen LogP contribution >= 0.6 is 0 Å². The molecule has 0 fully saturated rings. The maximum absolute atomic E-state index is 10.4. The van der Waals surface area contributed by atoms with Gasteiger partial charge in [0.2, 0.25) is 5.62 Å². The summed E-state index contributed by atoms with van der Waals surface area (Å²) in [6.45, 7) is 5.28. The molecule has 0 radical (unpaired) electrons. The monoisotopic (exact) mass is 325 g/mol. The molecule has 1 heterocycles. The van der Waals surface area contributed by atoms with Crippen molar-refractivity contribution in [2.75, 3.05) is 6.61 Å². The minimum atomic E-state index is -0.685. The van der Waals surface area contributed by atoms with Gasteiger partial charge < -0.3 is 19.0 Å². The number of nitrogens with one attached hydrogen (secondary N) is 1. The normalized spacial score (nSPS) is 12.5. The lowest BCUT2D eigenvalue weighted by atomic mass is 10.2. The van der Waals surface area contributed by atoms with Gasteiger partial charge in [0.1, 0.15) is 18.5 Å². The maximum Gasteiger partial charge on any atom is 0.203 e. The molecule has 0 aliphatic heterocycles. The predicted octanol–water partition coefficient (Wildman–Crippen LogP) is 2.69. The summed E-state index contributed by atoms with van der Waals surface area (Å²) in [5.74, 6) is 0.751. The fraction of sp³-hybridized carbons (Fsp3) is 0.316. The largest absolute Gasteiger partial charge is 0.491 e. The van der Waals surface area contributed by atoms with Crippen molar-refractivity contribution in [1.82, 2.24) is 9.13 Å². The van der Waals surface area contributed by atoms with Gasteiger partial charge in [-0.2, -0.15) is 0 Å². The number of hydrogen-bond acceptors (Lipinski definition) is 3. The van der Waals surface area contributed by atoms with Crippen molar-refractivity contribution >= 4 is 11.0 Å². The Morgan fingerprint density at radius 2 is 1.79 bits per heavy atom.